The first-order valence-corrected chi connectivity index (χ1v) is 2.56. The van der Waals surface area contributed by atoms with Crippen LogP contribution in [0.25, 0.3) is 0 Å². The summed E-state index contributed by atoms with van der Waals surface area (Å²) in [4.78, 5) is 0. The van der Waals surface area contributed by atoms with Gasteiger partial charge >= 0.3 is 0 Å². The molecule has 1 rings (SSSR count). The predicted molar refractivity (Wildman–Crippen MR) is 32.3 cm³/mol. The van der Waals surface area contributed by atoms with Crippen LogP contribution in [0.15, 0.2) is 30.2 Å². The highest BCUT2D eigenvalue weighted by molar-refractivity contribution is 5.23. The zero-order chi connectivity index (χ0) is 5.98. The molecule has 1 aliphatic rings. The molecule has 1 nitrogen and oxygen atoms in total. The van der Waals surface area contributed by atoms with Gasteiger partial charge in [-0.15, -0.1) is 5.73 Å². The third kappa shape index (κ3) is 0.682. The molecule has 0 aromatic carbocycles. The van der Waals surface area contributed by atoms with Crippen molar-refractivity contribution in [1.29, 1.82) is 0 Å². The maximum atomic E-state index is 5.04. The van der Waals surface area contributed by atoms with Crippen LogP contribution in [0.1, 0.15) is 6.92 Å². The zero-order valence-corrected chi connectivity index (χ0v) is 4.85. The number of rotatable bonds is 0. The molecule has 0 saturated carbocycles. The second-order valence-electron chi connectivity index (χ2n) is 1.71. The van der Waals surface area contributed by atoms with Gasteiger partial charge in [-0.2, -0.15) is 0 Å². The van der Waals surface area contributed by atoms with E-state index in [1.54, 1.807) is 6.26 Å². The smallest absolute Gasteiger partial charge is 0.127 e. The Labute approximate surface area is 49.0 Å². The van der Waals surface area contributed by atoms with Gasteiger partial charge in [0, 0.05) is 5.57 Å². The molecule has 1 heteroatoms. The molecular formula is C7H8O. The minimum absolute atomic E-state index is 0.160. The zero-order valence-electron chi connectivity index (χ0n) is 4.85. The Hall–Kier alpha value is -0.940. The number of hydrogen-bond acceptors (Lipinski definition) is 1. The largest absolute Gasteiger partial charge is 0.493 e. The third-order valence-electron chi connectivity index (χ3n) is 1.17. The summed E-state index contributed by atoms with van der Waals surface area (Å²) in [7, 11) is 0. The summed E-state index contributed by atoms with van der Waals surface area (Å²) in [5.74, 6) is 0. The van der Waals surface area contributed by atoms with Gasteiger partial charge in [0.1, 0.15) is 6.10 Å². The summed E-state index contributed by atoms with van der Waals surface area (Å²) in [5.41, 5.74) is 3.80. The summed E-state index contributed by atoms with van der Waals surface area (Å²) in [5, 5.41) is 0. The molecule has 0 aromatic rings. The van der Waals surface area contributed by atoms with Crippen LogP contribution >= 0.6 is 0 Å². The van der Waals surface area contributed by atoms with E-state index in [0.29, 0.717) is 0 Å². The van der Waals surface area contributed by atoms with Crippen LogP contribution in [-0.4, -0.2) is 6.10 Å². The van der Waals surface area contributed by atoms with Gasteiger partial charge in [-0.25, -0.2) is 0 Å². The van der Waals surface area contributed by atoms with Crippen LogP contribution in [0.4, 0.5) is 0 Å². The van der Waals surface area contributed by atoms with Crippen molar-refractivity contribution in [1.82, 2.24) is 0 Å². The highest BCUT2D eigenvalue weighted by Crippen LogP contribution is 2.13. The lowest BCUT2D eigenvalue weighted by Crippen LogP contribution is -1.98. The van der Waals surface area contributed by atoms with Crippen molar-refractivity contribution in [2.45, 2.75) is 13.0 Å². The summed E-state index contributed by atoms with van der Waals surface area (Å²) in [6.45, 7) is 5.47. The van der Waals surface area contributed by atoms with Crippen molar-refractivity contribution in [2.75, 3.05) is 0 Å². The second kappa shape index (κ2) is 1.89. The fourth-order valence-corrected chi connectivity index (χ4v) is 0.642. The van der Waals surface area contributed by atoms with Gasteiger partial charge in [0.25, 0.3) is 0 Å². The fourth-order valence-electron chi connectivity index (χ4n) is 0.642. The first-order valence-electron chi connectivity index (χ1n) is 2.56. The van der Waals surface area contributed by atoms with Crippen LogP contribution < -0.4 is 0 Å². The van der Waals surface area contributed by atoms with Gasteiger partial charge in [-0.05, 0) is 13.0 Å². The van der Waals surface area contributed by atoms with Crippen LogP contribution in [0.5, 0.6) is 0 Å². The highest BCUT2D eigenvalue weighted by atomic mass is 16.5. The molecule has 1 unspecified atom stereocenters. The minimum atomic E-state index is 0.160. The van der Waals surface area contributed by atoms with Gasteiger partial charge in [-0.3, -0.25) is 0 Å². The van der Waals surface area contributed by atoms with E-state index in [-0.39, 0.29) is 6.10 Å². The van der Waals surface area contributed by atoms with E-state index in [4.69, 9.17) is 4.74 Å². The van der Waals surface area contributed by atoms with E-state index in [0.717, 1.165) is 5.57 Å². The number of ether oxygens (including phenoxy) is 1. The minimum Gasteiger partial charge on any atom is -0.493 e. The molecule has 1 heterocycles. The van der Waals surface area contributed by atoms with Gasteiger partial charge in [-0.1, -0.05) is 6.58 Å². The molecule has 0 N–H and O–H groups in total. The number of hydrogen-bond donors (Lipinski definition) is 0. The van der Waals surface area contributed by atoms with E-state index in [1.165, 1.54) is 0 Å². The molecule has 1 aliphatic heterocycles. The summed E-state index contributed by atoms with van der Waals surface area (Å²) in [6.07, 6.45) is 3.70. The van der Waals surface area contributed by atoms with Crippen molar-refractivity contribution in [3.05, 3.63) is 30.2 Å². The van der Waals surface area contributed by atoms with Crippen molar-refractivity contribution in [3.8, 4) is 0 Å². The topological polar surface area (TPSA) is 9.23 Å². The maximum Gasteiger partial charge on any atom is 0.127 e. The average Bonchev–Trinajstić information content (AvgIpc) is 2.14. The molecule has 0 spiro atoms. The van der Waals surface area contributed by atoms with Gasteiger partial charge in [0.15, 0.2) is 0 Å². The van der Waals surface area contributed by atoms with E-state index in [9.17, 15) is 0 Å². The normalized spacial score (nSPS) is 25.1. The predicted octanol–water partition coefficient (Wildman–Crippen LogP) is 1.63. The van der Waals surface area contributed by atoms with E-state index in [2.05, 4.69) is 12.3 Å². The van der Waals surface area contributed by atoms with E-state index >= 15 is 0 Å². The van der Waals surface area contributed by atoms with Gasteiger partial charge in [0.2, 0.25) is 0 Å². The van der Waals surface area contributed by atoms with E-state index in [1.807, 2.05) is 13.0 Å². The van der Waals surface area contributed by atoms with Crippen molar-refractivity contribution in [3.63, 3.8) is 0 Å². The fraction of sp³-hybridized carbons (Fsp3) is 0.286. The Morgan fingerprint density at radius 2 is 2.62 bits per heavy atom. The average molecular weight is 108 g/mol. The Morgan fingerprint density at radius 1 is 1.88 bits per heavy atom. The first kappa shape index (κ1) is 5.20. The van der Waals surface area contributed by atoms with Crippen LogP contribution in [0.2, 0.25) is 0 Å². The van der Waals surface area contributed by atoms with Crippen LogP contribution in [0.3, 0.4) is 0 Å². The summed E-state index contributed by atoms with van der Waals surface area (Å²) in [6, 6.07) is 0. The third-order valence-corrected chi connectivity index (χ3v) is 1.17. The second-order valence-corrected chi connectivity index (χ2v) is 1.71. The summed E-state index contributed by atoms with van der Waals surface area (Å²) < 4.78 is 5.04. The molecule has 0 saturated heterocycles. The summed E-state index contributed by atoms with van der Waals surface area (Å²) >= 11 is 0. The molecule has 0 amide bonds. The van der Waals surface area contributed by atoms with E-state index < -0.39 is 0 Å². The lowest BCUT2D eigenvalue weighted by molar-refractivity contribution is 0.215. The molecule has 1 atom stereocenters. The van der Waals surface area contributed by atoms with Crippen molar-refractivity contribution >= 4 is 0 Å². The van der Waals surface area contributed by atoms with Gasteiger partial charge in [0.05, 0.1) is 6.26 Å². The standard InChI is InChI=1S/C7H8O/c1-3-7-4-5-8-6(7)2/h4-6H,1H2,2H3. The molecule has 8 heavy (non-hydrogen) atoms. The lowest BCUT2D eigenvalue weighted by Gasteiger charge is -2.00. The highest BCUT2D eigenvalue weighted by Gasteiger charge is 2.08. The molecule has 0 radical (unpaired) electrons. The molecule has 0 fully saturated rings. The Morgan fingerprint density at radius 3 is 2.88 bits per heavy atom. The molecular weight excluding hydrogens is 100 g/mol. The Balaban J connectivity index is 2.82. The first-order chi connectivity index (χ1) is 3.84. The maximum absolute atomic E-state index is 5.04. The monoisotopic (exact) mass is 108 g/mol. The van der Waals surface area contributed by atoms with Crippen LogP contribution in [0, 0.1) is 0 Å². The Kier molecular flexibility index (Phi) is 1.23. The van der Waals surface area contributed by atoms with Crippen molar-refractivity contribution in [2.24, 2.45) is 0 Å². The van der Waals surface area contributed by atoms with Gasteiger partial charge < -0.3 is 4.74 Å². The van der Waals surface area contributed by atoms with Crippen LogP contribution in [-0.2, 0) is 4.74 Å². The lowest BCUT2D eigenvalue weighted by atomic mass is 10.2. The quantitative estimate of drug-likeness (QED) is 0.428. The molecule has 0 aromatic heterocycles. The van der Waals surface area contributed by atoms with Crippen molar-refractivity contribution < 1.29 is 4.74 Å². The molecule has 42 valence electrons. The molecule has 0 aliphatic carbocycles. The molecule has 0 bridgehead atoms. The Bertz CT molecular complexity index is 161. The SMILES string of the molecule is C=C=C1C=COC1C.